The first-order valence-electron chi connectivity index (χ1n) is 4.17. The van der Waals surface area contributed by atoms with Crippen LogP contribution in [-0.2, 0) is 4.79 Å². The van der Waals surface area contributed by atoms with Crippen molar-refractivity contribution in [1.82, 2.24) is 9.97 Å². The predicted molar refractivity (Wildman–Crippen MR) is 48.5 cm³/mol. The van der Waals surface area contributed by atoms with E-state index >= 15 is 0 Å². The van der Waals surface area contributed by atoms with Gasteiger partial charge < -0.3 is 0 Å². The van der Waals surface area contributed by atoms with Crippen LogP contribution in [0, 0.1) is 12.8 Å². The zero-order valence-electron chi connectivity index (χ0n) is 7.20. The van der Waals surface area contributed by atoms with E-state index in [1.165, 1.54) is 0 Å². The van der Waals surface area contributed by atoms with Crippen molar-refractivity contribution >= 4 is 16.8 Å². The lowest BCUT2D eigenvalue weighted by molar-refractivity contribution is -0.112. The molecule has 0 bridgehead atoms. The molecule has 2 rings (SSSR count). The molecule has 0 aromatic carbocycles. The van der Waals surface area contributed by atoms with Crippen molar-refractivity contribution in [3.05, 3.63) is 23.8 Å². The van der Waals surface area contributed by atoms with Crippen molar-refractivity contribution in [2.75, 3.05) is 0 Å². The van der Waals surface area contributed by atoms with Crippen LogP contribution in [0.25, 0.3) is 0 Å². The number of halogens is 1. The van der Waals surface area contributed by atoms with E-state index < -0.39 is 0 Å². The van der Waals surface area contributed by atoms with Crippen LogP contribution < -0.4 is 0 Å². The van der Waals surface area contributed by atoms with E-state index in [2.05, 4.69) is 9.97 Å². The third-order valence-corrected chi connectivity index (χ3v) is 2.51. The van der Waals surface area contributed by atoms with Gasteiger partial charge in [0.2, 0.25) is 5.24 Å². The Kier molecular flexibility index (Phi) is 2.04. The maximum atomic E-state index is 10.8. The van der Waals surface area contributed by atoms with Crippen LogP contribution in [0.3, 0.4) is 0 Å². The van der Waals surface area contributed by atoms with Crippen molar-refractivity contribution in [2.24, 2.45) is 5.92 Å². The van der Waals surface area contributed by atoms with Crippen LogP contribution in [0.1, 0.15) is 23.9 Å². The molecule has 0 saturated heterocycles. The number of nitrogens with zero attached hydrogens (tertiary/aromatic N) is 2. The maximum absolute atomic E-state index is 10.8. The summed E-state index contributed by atoms with van der Waals surface area (Å²) in [4.78, 5) is 19.1. The highest BCUT2D eigenvalue weighted by Crippen LogP contribution is 2.47. The first-order valence-corrected chi connectivity index (χ1v) is 4.55. The molecular formula is C9H9ClN2O. The van der Waals surface area contributed by atoms with Gasteiger partial charge in [0.05, 0.1) is 0 Å². The van der Waals surface area contributed by atoms with Gasteiger partial charge in [0.1, 0.15) is 5.82 Å². The summed E-state index contributed by atoms with van der Waals surface area (Å²) in [6.45, 7) is 1.91. The topological polar surface area (TPSA) is 42.9 Å². The van der Waals surface area contributed by atoms with Crippen molar-refractivity contribution in [3.8, 4) is 0 Å². The molecule has 4 heteroatoms. The molecule has 2 unspecified atom stereocenters. The smallest absolute Gasteiger partial charge is 0.225 e. The molecule has 1 saturated carbocycles. The van der Waals surface area contributed by atoms with Crippen molar-refractivity contribution in [2.45, 2.75) is 19.3 Å². The minimum atomic E-state index is -0.268. The Morgan fingerprint density at radius 2 is 2.46 bits per heavy atom. The summed E-state index contributed by atoms with van der Waals surface area (Å²) >= 11 is 5.37. The van der Waals surface area contributed by atoms with E-state index in [0.717, 1.165) is 17.9 Å². The molecule has 0 spiro atoms. The van der Waals surface area contributed by atoms with Crippen molar-refractivity contribution < 1.29 is 4.79 Å². The third-order valence-electron chi connectivity index (χ3n) is 2.23. The van der Waals surface area contributed by atoms with Gasteiger partial charge >= 0.3 is 0 Å². The summed E-state index contributed by atoms with van der Waals surface area (Å²) in [5.41, 5.74) is 0.928. The normalized spacial score (nSPS) is 25.7. The average Bonchev–Trinajstić information content (AvgIpc) is 2.82. The van der Waals surface area contributed by atoms with Crippen molar-refractivity contribution in [3.63, 3.8) is 0 Å². The van der Waals surface area contributed by atoms with E-state index in [-0.39, 0.29) is 17.1 Å². The number of carbonyl (C=O) groups is 1. The quantitative estimate of drug-likeness (QED) is 0.676. The Balaban J connectivity index is 2.16. The fraction of sp³-hybridized carbons (Fsp3) is 0.444. The molecule has 13 heavy (non-hydrogen) atoms. The summed E-state index contributed by atoms with van der Waals surface area (Å²) < 4.78 is 0. The van der Waals surface area contributed by atoms with Crippen LogP contribution in [0.15, 0.2) is 12.3 Å². The lowest BCUT2D eigenvalue weighted by atomic mass is 10.3. The number of carbonyl (C=O) groups excluding carboxylic acids is 1. The van der Waals surface area contributed by atoms with E-state index in [1.54, 1.807) is 6.20 Å². The third kappa shape index (κ3) is 1.70. The highest BCUT2D eigenvalue weighted by Gasteiger charge is 2.45. The fourth-order valence-corrected chi connectivity index (χ4v) is 1.62. The zero-order valence-corrected chi connectivity index (χ0v) is 7.95. The van der Waals surface area contributed by atoms with Gasteiger partial charge in [-0.25, -0.2) is 9.97 Å². The minimum Gasteiger partial charge on any atom is -0.281 e. The molecule has 0 aliphatic heterocycles. The van der Waals surface area contributed by atoms with E-state index in [9.17, 15) is 4.79 Å². The fourth-order valence-electron chi connectivity index (χ4n) is 1.38. The SMILES string of the molecule is Cc1ccnc(C2CC2C(=O)Cl)n1. The van der Waals surface area contributed by atoms with Gasteiger partial charge in [-0.1, -0.05) is 0 Å². The maximum Gasteiger partial charge on any atom is 0.225 e. The molecule has 0 radical (unpaired) electrons. The molecule has 1 aliphatic carbocycles. The number of aryl methyl sites for hydroxylation is 1. The number of rotatable bonds is 2. The zero-order chi connectivity index (χ0) is 9.42. The van der Waals surface area contributed by atoms with Gasteiger partial charge in [-0.3, -0.25) is 4.79 Å². The molecular weight excluding hydrogens is 188 g/mol. The second-order valence-corrected chi connectivity index (χ2v) is 3.68. The van der Waals surface area contributed by atoms with E-state index in [4.69, 9.17) is 11.6 Å². The Morgan fingerprint density at radius 3 is 3.00 bits per heavy atom. The van der Waals surface area contributed by atoms with Gasteiger partial charge in [-0.05, 0) is 31.0 Å². The summed E-state index contributed by atoms with van der Waals surface area (Å²) in [6, 6.07) is 1.84. The highest BCUT2D eigenvalue weighted by atomic mass is 35.5. The highest BCUT2D eigenvalue weighted by molar-refractivity contribution is 6.64. The monoisotopic (exact) mass is 196 g/mol. The molecule has 1 heterocycles. The van der Waals surface area contributed by atoms with Crippen LogP contribution >= 0.6 is 11.6 Å². The molecule has 1 aromatic heterocycles. The first kappa shape index (κ1) is 8.63. The molecule has 2 atom stereocenters. The first-order chi connectivity index (χ1) is 6.18. The summed E-state index contributed by atoms with van der Waals surface area (Å²) in [5, 5.41) is -0.268. The molecule has 1 aliphatic rings. The minimum absolute atomic E-state index is 0.0523. The van der Waals surface area contributed by atoms with Crippen molar-refractivity contribution in [1.29, 1.82) is 0 Å². The van der Waals surface area contributed by atoms with Crippen LogP contribution in [0.2, 0.25) is 0 Å². The van der Waals surface area contributed by atoms with Crippen LogP contribution in [-0.4, -0.2) is 15.2 Å². The molecule has 3 nitrogen and oxygen atoms in total. The average molecular weight is 197 g/mol. The Labute approximate surface area is 81.2 Å². The van der Waals surface area contributed by atoms with Gasteiger partial charge in [-0.2, -0.15) is 0 Å². The summed E-state index contributed by atoms with van der Waals surface area (Å²) in [6.07, 6.45) is 2.51. The van der Waals surface area contributed by atoms with Gasteiger partial charge in [0.25, 0.3) is 0 Å². The second-order valence-electron chi connectivity index (χ2n) is 3.31. The second kappa shape index (κ2) is 3.07. The summed E-state index contributed by atoms with van der Waals surface area (Å²) in [7, 11) is 0. The van der Waals surface area contributed by atoms with E-state index in [0.29, 0.717) is 0 Å². The lowest BCUT2D eigenvalue weighted by Crippen LogP contribution is -1.97. The summed E-state index contributed by atoms with van der Waals surface area (Å²) in [5.74, 6) is 0.854. The Morgan fingerprint density at radius 1 is 1.69 bits per heavy atom. The van der Waals surface area contributed by atoms with E-state index in [1.807, 2.05) is 13.0 Å². The molecule has 1 fully saturated rings. The Hall–Kier alpha value is -0.960. The van der Waals surface area contributed by atoms with Crippen LogP contribution in [0.5, 0.6) is 0 Å². The predicted octanol–water partition coefficient (Wildman–Crippen LogP) is 1.65. The number of hydrogen-bond acceptors (Lipinski definition) is 3. The standard InChI is InChI=1S/C9H9ClN2O/c1-5-2-3-11-9(12-5)7-4-6(7)8(10)13/h2-3,6-7H,4H2,1H3. The van der Waals surface area contributed by atoms with Gasteiger partial charge in [0.15, 0.2) is 0 Å². The van der Waals surface area contributed by atoms with Gasteiger partial charge in [0, 0.05) is 23.7 Å². The Bertz CT molecular complexity index is 353. The molecule has 68 valence electrons. The molecule has 1 aromatic rings. The molecule has 0 N–H and O–H groups in total. The lowest BCUT2D eigenvalue weighted by Gasteiger charge is -1.97. The van der Waals surface area contributed by atoms with Crippen LogP contribution in [0.4, 0.5) is 0 Å². The largest absolute Gasteiger partial charge is 0.281 e. The number of hydrogen-bond donors (Lipinski definition) is 0. The number of aromatic nitrogens is 2. The van der Waals surface area contributed by atoms with Gasteiger partial charge in [-0.15, -0.1) is 0 Å². The molecule has 0 amide bonds.